The van der Waals surface area contributed by atoms with Gasteiger partial charge in [0.1, 0.15) is 41.1 Å². The molecule has 5 aromatic carbocycles. The summed E-state index contributed by atoms with van der Waals surface area (Å²) >= 11 is 3.30. The molecule has 0 saturated carbocycles. The number of nitrogens with one attached hydrogen (secondary N) is 2. The van der Waals surface area contributed by atoms with Crippen molar-refractivity contribution in [1.29, 1.82) is 0 Å². The molecule has 7 aromatic rings. The Bertz CT molecular complexity index is 3040. The standard InChI is InChI=1S/C34H34N2O4.C27H27BrN2O4/c1-22-11-5-6-12-24(22)30-18-17-23(20-35-30)19-31(32(37)40-34(2,3)4)36-33(38)39-21-29-27-15-9-7-13-25(27)26-14-8-10-16-28(26)29;1-27(2,3)34-25(31)23(14-17-12-13-24(28)29-15-17)30-26(32)33-16-22-20-10-6-4-8-18(20)19-9-5-7-11-21(19)22/h5-18,20,29,31H,19,21H2,1-4H3,(H,36,38);4-13,15,22-23H,14,16H2,1-3H3,(H,30,32)/t31-;23-/m00/s1. The zero-order valence-electron chi connectivity index (χ0n) is 42.7. The van der Waals surface area contributed by atoms with Crippen LogP contribution < -0.4 is 10.6 Å². The maximum absolute atomic E-state index is 13.1. The Morgan fingerprint density at radius 3 is 1.22 bits per heavy atom. The summed E-state index contributed by atoms with van der Waals surface area (Å²) < 4.78 is 23.2. The van der Waals surface area contributed by atoms with Crippen molar-refractivity contribution >= 4 is 40.1 Å². The van der Waals surface area contributed by atoms with Gasteiger partial charge in [0, 0.05) is 42.6 Å². The van der Waals surface area contributed by atoms with Crippen LogP contribution in [0.2, 0.25) is 0 Å². The summed E-state index contributed by atoms with van der Waals surface area (Å²) in [6, 6.07) is 46.3. The third-order valence-corrected chi connectivity index (χ3v) is 13.0. The highest BCUT2D eigenvalue weighted by molar-refractivity contribution is 9.10. The van der Waals surface area contributed by atoms with E-state index in [2.05, 4.69) is 85.1 Å². The number of amides is 2. The third-order valence-electron chi connectivity index (χ3n) is 12.6. The monoisotopic (exact) mass is 1060 g/mol. The molecule has 2 aromatic heterocycles. The Balaban J connectivity index is 0.000000200. The SMILES string of the molecule is CC(C)(C)OC(=O)[C@H](Cc1ccc(Br)nc1)NC(=O)OCC1c2ccccc2-c2ccccc21.Cc1ccccc1-c1ccc(C[C@H](NC(=O)OCC2c3ccccc3-c3ccccc32)C(=O)OC(C)(C)C)cn1. The molecule has 13 heteroatoms. The Kier molecular flexibility index (Phi) is 16.4. The van der Waals surface area contributed by atoms with Crippen molar-refractivity contribution in [2.24, 2.45) is 0 Å². The Morgan fingerprint density at radius 2 is 0.865 bits per heavy atom. The fourth-order valence-electron chi connectivity index (χ4n) is 9.26. The van der Waals surface area contributed by atoms with Crippen molar-refractivity contribution in [1.82, 2.24) is 20.6 Å². The molecule has 2 aliphatic rings. The van der Waals surface area contributed by atoms with Crippen molar-refractivity contribution < 1.29 is 38.1 Å². The van der Waals surface area contributed by atoms with Crippen LogP contribution in [0.15, 0.2) is 163 Å². The minimum Gasteiger partial charge on any atom is -0.458 e. The molecular formula is C61H61BrN4O8. The number of alkyl carbamates (subject to hydrolysis) is 2. The van der Waals surface area contributed by atoms with Crippen molar-refractivity contribution in [3.05, 3.63) is 202 Å². The molecule has 0 aliphatic heterocycles. The van der Waals surface area contributed by atoms with Gasteiger partial charge in [-0.25, -0.2) is 24.2 Å². The number of halogens is 1. The van der Waals surface area contributed by atoms with E-state index in [4.69, 9.17) is 18.9 Å². The lowest BCUT2D eigenvalue weighted by atomic mass is 9.98. The Morgan fingerprint density at radius 1 is 0.500 bits per heavy atom. The first-order valence-electron chi connectivity index (χ1n) is 24.7. The highest BCUT2D eigenvalue weighted by Crippen LogP contribution is 2.46. The summed E-state index contributed by atoms with van der Waals surface area (Å²) in [4.78, 5) is 60.5. The average molecular weight is 1060 g/mol. The highest BCUT2D eigenvalue weighted by atomic mass is 79.9. The second kappa shape index (κ2) is 23.1. The van der Waals surface area contributed by atoms with Crippen LogP contribution in [-0.2, 0) is 41.4 Å². The van der Waals surface area contributed by atoms with Crippen molar-refractivity contribution in [3.63, 3.8) is 0 Å². The van der Waals surface area contributed by atoms with Gasteiger partial charge in [0.05, 0.1) is 5.69 Å². The van der Waals surface area contributed by atoms with Crippen LogP contribution in [0.4, 0.5) is 9.59 Å². The number of nitrogens with zero attached hydrogens (tertiary/aromatic N) is 2. The van der Waals surface area contributed by atoms with Crippen LogP contribution in [-0.4, -0.2) is 70.6 Å². The number of benzene rings is 5. The van der Waals surface area contributed by atoms with Gasteiger partial charge in [0.2, 0.25) is 0 Å². The first kappa shape index (κ1) is 52.7. The summed E-state index contributed by atoms with van der Waals surface area (Å²) in [5.74, 6) is -1.18. The highest BCUT2D eigenvalue weighted by Gasteiger charge is 2.33. The number of esters is 2. The number of carbonyl (C=O) groups is 4. The summed E-state index contributed by atoms with van der Waals surface area (Å²) in [6.45, 7) is 13.1. The van der Waals surface area contributed by atoms with E-state index in [1.165, 1.54) is 0 Å². The lowest BCUT2D eigenvalue weighted by molar-refractivity contribution is -0.158. The molecule has 2 aliphatic carbocycles. The predicted molar refractivity (Wildman–Crippen MR) is 289 cm³/mol. The maximum atomic E-state index is 13.1. The van der Waals surface area contributed by atoms with Gasteiger partial charge >= 0.3 is 24.1 Å². The first-order chi connectivity index (χ1) is 35.4. The van der Waals surface area contributed by atoms with Gasteiger partial charge in [0.15, 0.2) is 0 Å². The number of pyridine rings is 2. The molecular weight excluding hydrogens is 997 g/mol. The zero-order valence-corrected chi connectivity index (χ0v) is 44.3. The van der Waals surface area contributed by atoms with Crippen LogP contribution in [0.5, 0.6) is 0 Å². The van der Waals surface area contributed by atoms with Crippen molar-refractivity contribution in [2.45, 2.75) is 96.4 Å². The lowest BCUT2D eigenvalue weighted by Crippen LogP contribution is -2.46. The second-order valence-electron chi connectivity index (χ2n) is 20.4. The van der Waals surface area contributed by atoms with Gasteiger partial charge in [-0.1, -0.05) is 133 Å². The molecule has 2 amide bonds. The number of aryl methyl sites for hydroxylation is 1. The predicted octanol–water partition coefficient (Wildman–Crippen LogP) is 12.5. The lowest BCUT2D eigenvalue weighted by Gasteiger charge is -2.25. The Hall–Kier alpha value is -7.64. The molecule has 0 saturated heterocycles. The molecule has 0 fully saturated rings. The van der Waals surface area contributed by atoms with E-state index >= 15 is 0 Å². The molecule has 2 N–H and O–H groups in total. The van der Waals surface area contributed by atoms with Crippen LogP contribution in [0.1, 0.15) is 92.3 Å². The molecule has 0 spiro atoms. The number of rotatable bonds is 13. The number of carbonyl (C=O) groups excluding carboxylic acids is 4. The second-order valence-corrected chi connectivity index (χ2v) is 21.2. The molecule has 0 bridgehead atoms. The fourth-order valence-corrected chi connectivity index (χ4v) is 9.50. The normalized spacial score (nSPS) is 13.4. The summed E-state index contributed by atoms with van der Waals surface area (Å²) in [6.07, 6.45) is 2.52. The minimum absolute atomic E-state index is 0.0613. The van der Waals surface area contributed by atoms with E-state index in [1.807, 2.05) is 97.9 Å². The van der Waals surface area contributed by atoms with E-state index in [0.717, 1.165) is 72.5 Å². The largest absolute Gasteiger partial charge is 0.458 e. The molecule has 2 atom stereocenters. The summed E-state index contributed by atoms with van der Waals surface area (Å²) in [5.41, 5.74) is 12.3. The first-order valence-corrected chi connectivity index (χ1v) is 25.5. The van der Waals surface area contributed by atoms with Gasteiger partial charge < -0.3 is 29.6 Å². The van der Waals surface area contributed by atoms with E-state index in [-0.39, 0.29) is 37.9 Å². The summed E-state index contributed by atoms with van der Waals surface area (Å²) in [7, 11) is 0. The maximum Gasteiger partial charge on any atom is 0.407 e. The molecule has 74 heavy (non-hydrogen) atoms. The number of hydrogen-bond donors (Lipinski definition) is 2. The van der Waals surface area contributed by atoms with Crippen LogP contribution in [0, 0.1) is 6.92 Å². The van der Waals surface area contributed by atoms with Gasteiger partial charge in [-0.15, -0.1) is 0 Å². The van der Waals surface area contributed by atoms with E-state index in [0.29, 0.717) is 4.60 Å². The number of ether oxygens (including phenoxy) is 4. The topological polar surface area (TPSA) is 155 Å². The quantitative estimate of drug-likeness (QED) is 0.0648. The molecule has 380 valence electrons. The van der Waals surface area contributed by atoms with Gasteiger partial charge in [-0.2, -0.15) is 0 Å². The van der Waals surface area contributed by atoms with E-state index < -0.39 is 47.4 Å². The number of hydrogen-bond acceptors (Lipinski definition) is 10. The van der Waals surface area contributed by atoms with E-state index in [9.17, 15) is 19.2 Å². The minimum atomic E-state index is -0.930. The molecule has 0 radical (unpaired) electrons. The fraction of sp³-hybridized carbons (Fsp3) is 0.279. The summed E-state index contributed by atoms with van der Waals surface area (Å²) in [5, 5.41) is 5.45. The smallest absolute Gasteiger partial charge is 0.407 e. The Labute approximate surface area is 441 Å². The molecule has 9 rings (SSSR count). The molecule has 12 nitrogen and oxygen atoms in total. The van der Waals surface area contributed by atoms with Crippen molar-refractivity contribution in [3.8, 4) is 33.5 Å². The van der Waals surface area contributed by atoms with Crippen molar-refractivity contribution in [2.75, 3.05) is 13.2 Å². The van der Waals surface area contributed by atoms with E-state index in [1.54, 1.807) is 60.0 Å². The molecule has 2 heterocycles. The average Bonchev–Trinajstić information content (AvgIpc) is 3.87. The van der Waals surface area contributed by atoms with Crippen LogP contribution >= 0.6 is 15.9 Å². The van der Waals surface area contributed by atoms with Gasteiger partial charge in [-0.3, -0.25) is 4.98 Å². The van der Waals surface area contributed by atoms with Crippen LogP contribution in [0.25, 0.3) is 33.5 Å². The van der Waals surface area contributed by atoms with Gasteiger partial charge in [-0.05, 0) is 138 Å². The van der Waals surface area contributed by atoms with Gasteiger partial charge in [0.25, 0.3) is 0 Å². The number of fused-ring (bicyclic) bond motifs is 6. The number of aromatic nitrogens is 2. The third kappa shape index (κ3) is 13.3. The zero-order chi connectivity index (χ0) is 52.6. The molecule has 0 unspecified atom stereocenters. The van der Waals surface area contributed by atoms with Crippen LogP contribution in [0.3, 0.4) is 0 Å².